The summed E-state index contributed by atoms with van der Waals surface area (Å²) >= 11 is 11.8. The fourth-order valence-electron chi connectivity index (χ4n) is 1.98. The van der Waals surface area contributed by atoms with E-state index in [4.69, 9.17) is 21.1 Å². The number of thiophene rings is 1. The molecular formula is C14H12BrClO2S. The number of hydrogen-bond donors (Lipinski definition) is 0. The zero-order valence-corrected chi connectivity index (χ0v) is 13.2. The van der Waals surface area contributed by atoms with Gasteiger partial charge in [0, 0.05) is 15.8 Å². The van der Waals surface area contributed by atoms with Crippen molar-refractivity contribution in [2.75, 3.05) is 13.2 Å². The van der Waals surface area contributed by atoms with Crippen LogP contribution in [0.5, 0.6) is 11.5 Å². The molecule has 0 saturated heterocycles. The first-order valence-corrected chi connectivity index (χ1v) is 8.13. The fraction of sp³-hybridized carbons (Fsp3) is 0.286. The van der Waals surface area contributed by atoms with E-state index in [1.54, 1.807) is 11.3 Å². The van der Waals surface area contributed by atoms with Crippen LogP contribution in [0.15, 0.2) is 34.1 Å². The fourth-order valence-corrected chi connectivity index (χ4v) is 3.79. The van der Waals surface area contributed by atoms with E-state index in [9.17, 15) is 0 Å². The van der Waals surface area contributed by atoms with Gasteiger partial charge in [0.05, 0.1) is 18.6 Å². The molecule has 0 amide bonds. The molecule has 2 heterocycles. The molecule has 1 aromatic heterocycles. The van der Waals surface area contributed by atoms with Crippen LogP contribution in [0.3, 0.4) is 0 Å². The molecule has 0 N–H and O–H groups in total. The Morgan fingerprint density at radius 1 is 1.21 bits per heavy atom. The molecule has 1 aliphatic rings. The molecule has 1 aliphatic heterocycles. The predicted molar refractivity (Wildman–Crippen MR) is 81.8 cm³/mol. The summed E-state index contributed by atoms with van der Waals surface area (Å²) in [7, 11) is 0. The van der Waals surface area contributed by atoms with Crippen molar-refractivity contribution in [2.45, 2.75) is 11.8 Å². The van der Waals surface area contributed by atoms with Crippen LogP contribution in [0.4, 0.5) is 0 Å². The number of halogens is 2. The Balaban J connectivity index is 2.00. The highest BCUT2D eigenvalue weighted by atomic mass is 79.9. The second kappa shape index (κ2) is 5.73. The first-order chi connectivity index (χ1) is 9.25. The molecule has 0 fully saturated rings. The van der Waals surface area contributed by atoms with Gasteiger partial charge in [-0.1, -0.05) is 22.0 Å². The quantitative estimate of drug-likeness (QED) is 0.702. The van der Waals surface area contributed by atoms with Crippen LogP contribution in [0.25, 0.3) is 0 Å². The minimum atomic E-state index is -0.175. The zero-order valence-electron chi connectivity index (χ0n) is 10.1. The Labute approximate surface area is 129 Å². The standard InChI is InChI=1S/C14H12BrClO2S/c15-10-8-12-11(17-4-2-5-18-12)7-9(10)14(16)13-3-1-6-19-13/h1,3,6-8,14H,2,4-5H2. The molecule has 0 saturated carbocycles. The first kappa shape index (κ1) is 13.3. The average molecular weight is 360 g/mol. The molecule has 3 rings (SSSR count). The number of ether oxygens (including phenoxy) is 2. The van der Waals surface area contributed by atoms with E-state index >= 15 is 0 Å². The van der Waals surface area contributed by atoms with Gasteiger partial charge in [-0.25, -0.2) is 0 Å². The van der Waals surface area contributed by atoms with Gasteiger partial charge in [-0.2, -0.15) is 0 Å². The third-order valence-corrected chi connectivity index (χ3v) is 5.16. The summed E-state index contributed by atoms with van der Waals surface area (Å²) in [5.41, 5.74) is 1.01. The lowest BCUT2D eigenvalue weighted by Crippen LogP contribution is -1.97. The molecule has 0 spiro atoms. The van der Waals surface area contributed by atoms with Gasteiger partial charge in [0.25, 0.3) is 0 Å². The molecule has 1 aromatic carbocycles. The number of benzene rings is 1. The van der Waals surface area contributed by atoms with E-state index in [2.05, 4.69) is 15.9 Å². The lowest BCUT2D eigenvalue weighted by molar-refractivity contribution is 0.297. The second-order valence-electron chi connectivity index (χ2n) is 4.25. The van der Waals surface area contributed by atoms with Crippen molar-refractivity contribution in [3.63, 3.8) is 0 Å². The van der Waals surface area contributed by atoms with E-state index in [0.717, 1.165) is 32.8 Å². The molecular weight excluding hydrogens is 348 g/mol. The van der Waals surface area contributed by atoms with Gasteiger partial charge in [0.1, 0.15) is 0 Å². The van der Waals surface area contributed by atoms with Gasteiger partial charge in [-0.05, 0) is 29.1 Å². The average Bonchev–Trinajstić information content (AvgIpc) is 2.84. The second-order valence-corrected chi connectivity index (χ2v) is 6.52. The van der Waals surface area contributed by atoms with Crippen LogP contribution in [0.2, 0.25) is 0 Å². The van der Waals surface area contributed by atoms with Gasteiger partial charge in [0.2, 0.25) is 0 Å². The summed E-state index contributed by atoms with van der Waals surface area (Å²) in [5.74, 6) is 1.56. The highest BCUT2D eigenvalue weighted by Crippen LogP contribution is 2.42. The van der Waals surface area contributed by atoms with Gasteiger partial charge in [0.15, 0.2) is 11.5 Å². The summed E-state index contributed by atoms with van der Waals surface area (Å²) in [5, 5.41) is 1.85. The molecule has 19 heavy (non-hydrogen) atoms. The molecule has 5 heteroatoms. The summed E-state index contributed by atoms with van der Waals surface area (Å²) in [6, 6.07) is 7.96. The summed E-state index contributed by atoms with van der Waals surface area (Å²) in [4.78, 5) is 1.12. The minimum Gasteiger partial charge on any atom is -0.490 e. The normalized spacial score (nSPS) is 15.9. The number of alkyl halides is 1. The van der Waals surface area contributed by atoms with Crippen molar-refractivity contribution in [2.24, 2.45) is 0 Å². The van der Waals surface area contributed by atoms with Crippen LogP contribution in [0.1, 0.15) is 22.2 Å². The van der Waals surface area contributed by atoms with Crippen molar-refractivity contribution in [3.8, 4) is 11.5 Å². The predicted octanol–water partition coefficient (Wildman–Crippen LogP) is 5.00. The van der Waals surface area contributed by atoms with Gasteiger partial charge < -0.3 is 9.47 Å². The third kappa shape index (κ3) is 2.76. The van der Waals surface area contributed by atoms with Gasteiger partial charge in [-0.15, -0.1) is 22.9 Å². The van der Waals surface area contributed by atoms with Gasteiger partial charge >= 0.3 is 0 Å². The largest absolute Gasteiger partial charge is 0.490 e. The maximum atomic E-state index is 6.55. The summed E-state index contributed by atoms with van der Waals surface area (Å²) in [6.45, 7) is 1.37. The monoisotopic (exact) mass is 358 g/mol. The Kier molecular flexibility index (Phi) is 4.01. The molecule has 1 unspecified atom stereocenters. The van der Waals surface area contributed by atoms with E-state index in [1.807, 2.05) is 29.6 Å². The molecule has 1 atom stereocenters. The first-order valence-electron chi connectivity index (χ1n) is 6.02. The van der Waals surface area contributed by atoms with E-state index in [-0.39, 0.29) is 5.38 Å². The van der Waals surface area contributed by atoms with Crippen molar-refractivity contribution in [1.82, 2.24) is 0 Å². The van der Waals surface area contributed by atoms with Crippen molar-refractivity contribution < 1.29 is 9.47 Å². The van der Waals surface area contributed by atoms with Crippen molar-refractivity contribution in [3.05, 3.63) is 44.6 Å². The SMILES string of the molecule is ClC(c1cccs1)c1cc2c(cc1Br)OCCCO2. The Morgan fingerprint density at radius 3 is 2.63 bits per heavy atom. The van der Waals surface area contributed by atoms with Crippen LogP contribution < -0.4 is 9.47 Å². The third-order valence-electron chi connectivity index (χ3n) is 2.93. The number of fused-ring (bicyclic) bond motifs is 1. The Morgan fingerprint density at radius 2 is 1.95 bits per heavy atom. The molecule has 0 bridgehead atoms. The van der Waals surface area contributed by atoms with Crippen LogP contribution >= 0.6 is 38.9 Å². The maximum Gasteiger partial charge on any atom is 0.162 e. The molecule has 100 valence electrons. The lowest BCUT2D eigenvalue weighted by atomic mass is 10.1. The topological polar surface area (TPSA) is 18.5 Å². The zero-order chi connectivity index (χ0) is 13.2. The van der Waals surface area contributed by atoms with E-state index < -0.39 is 0 Å². The molecule has 2 aromatic rings. The van der Waals surface area contributed by atoms with Crippen LogP contribution in [-0.4, -0.2) is 13.2 Å². The molecule has 0 aliphatic carbocycles. The number of hydrogen-bond acceptors (Lipinski definition) is 3. The highest BCUT2D eigenvalue weighted by molar-refractivity contribution is 9.10. The maximum absolute atomic E-state index is 6.55. The molecule has 0 radical (unpaired) electrons. The minimum absolute atomic E-state index is 0.175. The van der Waals surface area contributed by atoms with Gasteiger partial charge in [-0.3, -0.25) is 0 Å². The van der Waals surface area contributed by atoms with Crippen LogP contribution in [-0.2, 0) is 0 Å². The summed E-state index contributed by atoms with van der Waals surface area (Å²) in [6.07, 6.45) is 0.900. The van der Waals surface area contributed by atoms with Crippen molar-refractivity contribution in [1.29, 1.82) is 0 Å². The van der Waals surface area contributed by atoms with Crippen molar-refractivity contribution >= 4 is 38.9 Å². The lowest BCUT2D eigenvalue weighted by Gasteiger charge is -2.14. The molecule has 2 nitrogen and oxygen atoms in total. The number of rotatable bonds is 2. The Hall–Kier alpha value is -0.710. The highest BCUT2D eigenvalue weighted by Gasteiger charge is 2.20. The van der Waals surface area contributed by atoms with E-state index in [0.29, 0.717) is 13.2 Å². The smallest absolute Gasteiger partial charge is 0.162 e. The van der Waals surface area contributed by atoms with Crippen LogP contribution in [0, 0.1) is 0 Å². The summed E-state index contributed by atoms with van der Waals surface area (Å²) < 4.78 is 12.3. The van der Waals surface area contributed by atoms with E-state index in [1.165, 1.54) is 0 Å². The Bertz CT molecular complexity index is 571.